The van der Waals surface area contributed by atoms with Crippen LogP contribution >= 0.6 is 11.6 Å². The van der Waals surface area contributed by atoms with E-state index in [1.54, 1.807) is 0 Å². The molecule has 0 saturated heterocycles. The van der Waals surface area contributed by atoms with E-state index in [4.69, 9.17) is 22.1 Å². The molecule has 1 aromatic heterocycles. The number of nitrogens with zero attached hydrogens (tertiary/aromatic N) is 1. The minimum absolute atomic E-state index is 0.469. The molecule has 3 nitrogen and oxygen atoms in total. The van der Waals surface area contributed by atoms with Gasteiger partial charge in [0.2, 0.25) is 0 Å². The number of halogens is 1. The van der Waals surface area contributed by atoms with Gasteiger partial charge < -0.3 is 15.0 Å². The van der Waals surface area contributed by atoms with Crippen LogP contribution in [0.4, 0.5) is 5.69 Å². The molecule has 0 radical (unpaired) electrons. The maximum absolute atomic E-state index is 6.12. The van der Waals surface area contributed by atoms with Gasteiger partial charge in [0.15, 0.2) is 0 Å². The summed E-state index contributed by atoms with van der Waals surface area (Å²) in [7, 11) is 0. The third-order valence-electron chi connectivity index (χ3n) is 3.55. The summed E-state index contributed by atoms with van der Waals surface area (Å²) < 4.78 is 8.04. The van der Waals surface area contributed by atoms with Gasteiger partial charge in [0.25, 0.3) is 0 Å². The van der Waals surface area contributed by atoms with Crippen molar-refractivity contribution >= 4 is 28.2 Å². The molecule has 0 aliphatic rings. The van der Waals surface area contributed by atoms with E-state index in [0.717, 1.165) is 23.2 Å². The molecular formula is C17H17ClN2O. The van der Waals surface area contributed by atoms with Crippen LogP contribution in [0.1, 0.15) is 12.5 Å². The third kappa shape index (κ3) is 2.69. The quantitative estimate of drug-likeness (QED) is 0.722. The van der Waals surface area contributed by atoms with E-state index < -0.39 is 0 Å². The summed E-state index contributed by atoms with van der Waals surface area (Å²) in [4.78, 5) is 0. The highest BCUT2D eigenvalue weighted by atomic mass is 35.5. The molecule has 0 atom stereocenters. The van der Waals surface area contributed by atoms with Crippen molar-refractivity contribution in [3.05, 3.63) is 59.2 Å². The molecular weight excluding hydrogens is 284 g/mol. The molecule has 0 fully saturated rings. The number of hydrogen-bond donors (Lipinski definition) is 1. The molecule has 0 bridgehead atoms. The first kappa shape index (κ1) is 13.8. The summed E-state index contributed by atoms with van der Waals surface area (Å²) in [5.74, 6) is 0.695. The molecule has 108 valence electrons. The Morgan fingerprint density at radius 2 is 2.00 bits per heavy atom. The molecule has 1 heterocycles. The molecule has 4 heteroatoms. The zero-order chi connectivity index (χ0) is 14.8. The largest absolute Gasteiger partial charge is 0.487 e. The van der Waals surface area contributed by atoms with Crippen LogP contribution in [-0.2, 0) is 13.2 Å². The fraction of sp³-hybridized carbons (Fsp3) is 0.176. The zero-order valence-corrected chi connectivity index (χ0v) is 12.6. The van der Waals surface area contributed by atoms with Crippen molar-refractivity contribution in [2.45, 2.75) is 20.1 Å². The van der Waals surface area contributed by atoms with Gasteiger partial charge in [-0.25, -0.2) is 0 Å². The SMILES string of the molecule is CCn1cc(COc2ccccc2Cl)c2cc(N)ccc21. The second-order valence-electron chi connectivity index (χ2n) is 4.94. The topological polar surface area (TPSA) is 40.2 Å². The van der Waals surface area contributed by atoms with E-state index in [0.29, 0.717) is 17.4 Å². The molecule has 21 heavy (non-hydrogen) atoms. The first-order chi connectivity index (χ1) is 10.2. The third-order valence-corrected chi connectivity index (χ3v) is 3.86. The fourth-order valence-corrected chi connectivity index (χ4v) is 2.67. The van der Waals surface area contributed by atoms with Crippen LogP contribution < -0.4 is 10.5 Å². The smallest absolute Gasteiger partial charge is 0.138 e. The number of hydrogen-bond acceptors (Lipinski definition) is 2. The summed E-state index contributed by atoms with van der Waals surface area (Å²) in [5, 5.41) is 1.75. The molecule has 0 aliphatic carbocycles. The van der Waals surface area contributed by atoms with E-state index in [-0.39, 0.29) is 0 Å². The number of anilines is 1. The van der Waals surface area contributed by atoms with E-state index in [1.165, 1.54) is 5.52 Å². The van der Waals surface area contributed by atoms with E-state index in [2.05, 4.69) is 17.7 Å². The standard InChI is InChI=1S/C17H17ClN2O/c1-2-20-10-12(14-9-13(19)7-8-16(14)20)11-21-17-6-4-3-5-15(17)18/h3-10H,2,11,19H2,1H3. The van der Waals surface area contributed by atoms with E-state index in [9.17, 15) is 0 Å². The van der Waals surface area contributed by atoms with Crippen LogP contribution in [0.3, 0.4) is 0 Å². The second kappa shape index (κ2) is 5.70. The van der Waals surface area contributed by atoms with Crippen LogP contribution in [0.25, 0.3) is 10.9 Å². The first-order valence-electron chi connectivity index (χ1n) is 6.93. The van der Waals surface area contributed by atoms with Gasteiger partial charge in [0.05, 0.1) is 5.02 Å². The maximum Gasteiger partial charge on any atom is 0.138 e. The normalized spacial score (nSPS) is 11.0. The number of rotatable bonds is 4. The zero-order valence-electron chi connectivity index (χ0n) is 11.8. The molecule has 0 aliphatic heterocycles. The Balaban J connectivity index is 1.93. The molecule has 3 rings (SSSR count). The minimum atomic E-state index is 0.469. The van der Waals surface area contributed by atoms with Crippen LogP contribution in [0.5, 0.6) is 5.75 Å². The molecule has 2 N–H and O–H groups in total. The van der Waals surface area contributed by atoms with Gasteiger partial charge in [-0.05, 0) is 37.3 Å². The Hall–Kier alpha value is -2.13. The second-order valence-corrected chi connectivity index (χ2v) is 5.34. The Bertz CT molecular complexity index is 780. The van der Waals surface area contributed by atoms with Gasteiger partial charge in [-0.2, -0.15) is 0 Å². The number of nitrogen functional groups attached to an aromatic ring is 1. The van der Waals surface area contributed by atoms with Crippen LogP contribution in [0.15, 0.2) is 48.7 Å². The summed E-state index contributed by atoms with van der Waals surface area (Å²) in [5.41, 5.74) is 8.94. The van der Waals surface area contributed by atoms with Crippen molar-refractivity contribution < 1.29 is 4.74 Å². The van der Waals surface area contributed by atoms with Crippen LogP contribution in [-0.4, -0.2) is 4.57 Å². The molecule has 0 saturated carbocycles. The number of nitrogens with two attached hydrogens (primary N) is 1. The van der Waals surface area contributed by atoms with Gasteiger partial charge >= 0.3 is 0 Å². The van der Waals surface area contributed by atoms with Gasteiger partial charge in [0.1, 0.15) is 12.4 Å². The minimum Gasteiger partial charge on any atom is -0.487 e. The van der Waals surface area contributed by atoms with Crippen molar-refractivity contribution in [3.63, 3.8) is 0 Å². The number of aryl methyl sites for hydroxylation is 1. The van der Waals surface area contributed by atoms with Gasteiger partial charge in [-0.3, -0.25) is 0 Å². The number of aromatic nitrogens is 1. The monoisotopic (exact) mass is 300 g/mol. The highest BCUT2D eigenvalue weighted by molar-refractivity contribution is 6.32. The van der Waals surface area contributed by atoms with Crippen molar-refractivity contribution in [2.24, 2.45) is 0 Å². The molecule has 0 amide bonds. The maximum atomic E-state index is 6.12. The van der Waals surface area contributed by atoms with E-state index in [1.807, 2.05) is 42.5 Å². The Kier molecular flexibility index (Phi) is 3.76. The Morgan fingerprint density at radius 3 is 2.76 bits per heavy atom. The fourth-order valence-electron chi connectivity index (χ4n) is 2.48. The molecule has 3 aromatic rings. The lowest BCUT2D eigenvalue weighted by atomic mass is 10.1. The van der Waals surface area contributed by atoms with Gasteiger partial charge in [-0.15, -0.1) is 0 Å². The number of benzene rings is 2. The van der Waals surface area contributed by atoms with Gasteiger partial charge in [-0.1, -0.05) is 23.7 Å². The Labute approximate surface area is 128 Å². The van der Waals surface area contributed by atoms with E-state index >= 15 is 0 Å². The summed E-state index contributed by atoms with van der Waals surface area (Å²) >= 11 is 6.12. The van der Waals surface area contributed by atoms with Crippen LogP contribution in [0, 0.1) is 0 Å². The van der Waals surface area contributed by atoms with Crippen molar-refractivity contribution in [1.29, 1.82) is 0 Å². The van der Waals surface area contributed by atoms with Gasteiger partial charge in [0, 0.05) is 34.9 Å². The molecule has 0 unspecified atom stereocenters. The summed E-state index contributed by atoms with van der Waals surface area (Å²) in [6, 6.07) is 13.5. The average molecular weight is 301 g/mol. The van der Waals surface area contributed by atoms with Crippen molar-refractivity contribution in [1.82, 2.24) is 4.57 Å². The Morgan fingerprint density at radius 1 is 1.19 bits per heavy atom. The van der Waals surface area contributed by atoms with Crippen molar-refractivity contribution in [3.8, 4) is 5.75 Å². The summed E-state index contributed by atoms with van der Waals surface area (Å²) in [6.45, 7) is 3.50. The predicted molar refractivity (Wildman–Crippen MR) is 87.8 cm³/mol. The number of para-hydroxylation sites is 1. The lowest BCUT2D eigenvalue weighted by Gasteiger charge is -2.07. The van der Waals surface area contributed by atoms with Crippen molar-refractivity contribution in [2.75, 3.05) is 5.73 Å². The number of ether oxygens (including phenoxy) is 1. The lowest BCUT2D eigenvalue weighted by Crippen LogP contribution is -1.95. The number of fused-ring (bicyclic) bond motifs is 1. The molecule has 0 spiro atoms. The average Bonchev–Trinajstić information content (AvgIpc) is 2.83. The highest BCUT2D eigenvalue weighted by Crippen LogP contribution is 2.28. The highest BCUT2D eigenvalue weighted by Gasteiger charge is 2.09. The molecule has 2 aromatic carbocycles. The predicted octanol–water partition coefficient (Wildman–Crippen LogP) is 4.48. The van der Waals surface area contributed by atoms with Crippen LogP contribution in [0.2, 0.25) is 5.02 Å². The summed E-state index contributed by atoms with van der Waals surface area (Å²) in [6.07, 6.45) is 2.11. The lowest BCUT2D eigenvalue weighted by molar-refractivity contribution is 0.307. The first-order valence-corrected chi connectivity index (χ1v) is 7.31.